The SMILES string of the molecule is CC(=O)N1CCC(N2CCOC(CCCC(C)C)C2)CC1. The zero-order valence-corrected chi connectivity index (χ0v) is 14.0. The van der Waals surface area contributed by atoms with Crippen molar-refractivity contribution in [2.45, 2.75) is 65.0 Å². The molecule has 0 radical (unpaired) electrons. The topological polar surface area (TPSA) is 32.8 Å². The van der Waals surface area contributed by atoms with E-state index in [9.17, 15) is 4.79 Å². The highest BCUT2D eigenvalue weighted by molar-refractivity contribution is 5.73. The summed E-state index contributed by atoms with van der Waals surface area (Å²) in [5.41, 5.74) is 0. The van der Waals surface area contributed by atoms with E-state index in [4.69, 9.17) is 4.74 Å². The molecule has 2 rings (SSSR count). The first-order valence-corrected chi connectivity index (χ1v) is 8.67. The normalized spacial score (nSPS) is 25.5. The van der Waals surface area contributed by atoms with E-state index in [1.54, 1.807) is 6.92 Å². The second kappa shape index (κ2) is 8.14. The van der Waals surface area contributed by atoms with Gasteiger partial charge in [0.1, 0.15) is 0 Å². The number of carbonyl (C=O) groups excluding carboxylic acids is 1. The molecule has 0 spiro atoms. The minimum absolute atomic E-state index is 0.224. The van der Waals surface area contributed by atoms with Crippen molar-refractivity contribution in [1.82, 2.24) is 9.80 Å². The third-order valence-corrected chi connectivity index (χ3v) is 4.90. The number of ether oxygens (including phenoxy) is 1. The van der Waals surface area contributed by atoms with Crippen molar-refractivity contribution in [3.63, 3.8) is 0 Å². The molecule has 2 aliphatic heterocycles. The summed E-state index contributed by atoms with van der Waals surface area (Å²) in [7, 11) is 0. The zero-order valence-electron chi connectivity index (χ0n) is 14.0. The molecule has 4 heteroatoms. The minimum Gasteiger partial charge on any atom is -0.376 e. The Kier molecular flexibility index (Phi) is 6.49. The van der Waals surface area contributed by atoms with E-state index in [1.807, 2.05) is 4.90 Å². The summed E-state index contributed by atoms with van der Waals surface area (Å²) in [6, 6.07) is 0.650. The van der Waals surface area contributed by atoms with E-state index in [2.05, 4.69) is 18.7 Å². The number of amides is 1. The van der Waals surface area contributed by atoms with Crippen LogP contribution in [0.15, 0.2) is 0 Å². The molecule has 4 nitrogen and oxygen atoms in total. The molecular weight excluding hydrogens is 264 g/mol. The molecule has 2 saturated heterocycles. The summed E-state index contributed by atoms with van der Waals surface area (Å²) >= 11 is 0. The molecule has 1 amide bonds. The standard InChI is InChI=1S/C17H32N2O2/c1-14(2)5-4-6-17-13-19(11-12-21-17)16-7-9-18(10-8-16)15(3)20/h14,16-17H,4-13H2,1-3H3. The van der Waals surface area contributed by atoms with E-state index in [0.717, 1.165) is 51.5 Å². The van der Waals surface area contributed by atoms with Crippen molar-refractivity contribution in [2.75, 3.05) is 32.8 Å². The maximum absolute atomic E-state index is 11.4. The molecule has 122 valence electrons. The highest BCUT2D eigenvalue weighted by Crippen LogP contribution is 2.21. The van der Waals surface area contributed by atoms with Crippen molar-refractivity contribution in [1.29, 1.82) is 0 Å². The van der Waals surface area contributed by atoms with E-state index in [1.165, 1.54) is 19.3 Å². The van der Waals surface area contributed by atoms with Crippen molar-refractivity contribution in [3.8, 4) is 0 Å². The van der Waals surface area contributed by atoms with E-state index in [-0.39, 0.29) is 5.91 Å². The van der Waals surface area contributed by atoms with Gasteiger partial charge in [-0.05, 0) is 25.2 Å². The van der Waals surface area contributed by atoms with Gasteiger partial charge < -0.3 is 9.64 Å². The fraction of sp³-hybridized carbons (Fsp3) is 0.941. The van der Waals surface area contributed by atoms with Crippen LogP contribution in [-0.4, -0.2) is 60.6 Å². The van der Waals surface area contributed by atoms with Gasteiger partial charge in [0, 0.05) is 39.1 Å². The molecule has 2 heterocycles. The molecule has 0 aromatic carbocycles. The molecule has 1 atom stereocenters. The molecular formula is C17H32N2O2. The van der Waals surface area contributed by atoms with Crippen molar-refractivity contribution >= 4 is 5.91 Å². The van der Waals surface area contributed by atoms with Crippen LogP contribution in [0, 0.1) is 5.92 Å². The average molecular weight is 296 g/mol. The fourth-order valence-electron chi connectivity index (χ4n) is 3.55. The molecule has 0 bridgehead atoms. The first-order chi connectivity index (χ1) is 10.1. The maximum Gasteiger partial charge on any atom is 0.219 e. The van der Waals surface area contributed by atoms with Gasteiger partial charge in [-0.3, -0.25) is 9.69 Å². The number of rotatable bonds is 5. The Morgan fingerprint density at radius 1 is 1.24 bits per heavy atom. The molecule has 0 saturated carbocycles. The average Bonchev–Trinajstić information content (AvgIpc) is 2.47. The lowest BCUT2D eigenvalue weighted by atomic mass is 10.00. The van der Waals surface area contributed by atoms with Crippen LogP contribution in [-0.2, 0) is 9.53 Å². The van der Waals surface area contributed by atoms with Crippen LogP contribution in [0.2, 0.25) is 0 Å². The molecule has 2 fully saturated rings. The number of morpholine rings is 1. The summed E-state index contributed by atoms with van der Waals surface area (Å²) in [6.07, 6.45) is 6.44. The molecule has 0 aliphatic carbocycles. The van der Waals surface area contributed by atoms with Gasteiger partial charge in [-0.2, -0.15) is 0 Å². The van der Waals surface area contributed by atoms with Gasteiger partial charge >= 0.3 is 0 Å². The second-order valence-electron chi connectivity index (χ2n) is 7.05. The lowest BCUT2D eigenvalue weighted by Crippen LogP contribution is -2.52. The predicted octanol–water partition coefficient (Wildman–Crippen LogP) is 2.52. The van der Waals surface area contributed by atoms with Crippen molar-refractivity contribution in [3.05, 3.63) is 0 Å². The minimum atomic E-state index is 0.224. The molecule has 21 heavy (non-hydrogen) atoms. The largest absolute Gasteiger partial charge is 0.376 e. The Hall–Kier alpha value is -0.610. The molecule has 0 N–H and O–H groups in total. The summed E-state index contributed by atoms with van der Waals surface area (Å²) in [6.45, 7) is 11.1. The first kappa shape index (κ1) is 16.8. The maximum atomic E-state index is 11.4. The zero-order chi connectivity index (χ0) is 15.2. The van der Waals surface area contributed by atoms with Gasteiger partial charge in [0.25, 0.3) is 0 Å². The number of carbonyl (C=O) groups is 1. The third-order valence-electron chi connectivity index (χ3n) is 4.90. The second-order valence-corrected chi connectivity index (χ2v) is 7.05. The molecule has 1 unspecified atom stereocenters. The van der Waals surface area contributed by atoms with Crippen LogP contribution in [0.5, 0.6) is 0 Å². The van der Waals surface area contributed by atoms with Crippen LogP contribution < -0.4 is 0 Å². The number of hydrogen-bond acceptors (Lipinski definition) is 3. The summed E-state index contributed by atoms with van der Waals surface area (Å²) in [4.78, 5) is 16.0. The van der Waals surface area contributed by atoms with Crippen LogP contribution in [0.25, 0.3) is 0 Å². The summed E-state index contributed by atoms with van der Waals surface area (Å²) in [5.74, 6) is 1.02. The molecule has 2 aliphatic rings. The van der Waals surface area contributed by atoms with Crippen LogP contribution in [0.1, 0.15) is 52.9 Å². The third kappa shape index (κ3) is 5.26. The van der Waals surface area contributed by atoms with Gasteiger partial charge in [-0.1, -0.05) is 26.7 Å². The fourth-order valence-corrected chi connectivity index (χ4v) is 3.55. The number of likely N-dealkylation sites (tertiary alicyclic amines) is 1. The van der Waals surface area contributed by atoms with Gasteiger partial charge in [0.15, 0.2) is 0 Å². The van der Waals surface area contributed by atoms with Crippen molar-refractivity contribution in [2.24, 2.45) is 5.92 Å². The van der Waals surface area contributed by atoms with Gasteiger partial charge in [-0.15, -0.1) is 0 Å². The van der Waals surface area contributed by atoms with E-state index in [0.29, 0.717) is 12.1 Å². The van der Waals surface area contributed by atoms with E-state index >= 15 is 0 Å². The van der Waals surface area contributed by atoms with E-state index < -0.39 is 0 Å². The lowest BCUT2D eigenvalue weighted by Gasteiger charge is -2.42. The number of nitrogens with zero attached hydrogens (tertiary/aromatic N) is 2. The van der Waals surface area contributed by atoms with Crippen molar-refractivity contribution < 1.29 is 9.53 Å². The monoisotopic (exact) mass is 296 g/mol. The Bertz CT molecular complexity index is 325. The smallest absolute Gasteiger partial charge is 0.219 e. The van der Waals surface area contributed by atoms with Gasteiger partial charge in [0.2, 0.25) is 5.91 Å². The quantitative estimate of drug-likeness (QED) is 0.781. The number of hydrogen-bond donors (Lipinski definition) is 0. The first-order valence-electron chi connectivity index (χ1n) is 8.67. The molecule has 0 aromatic rings. The summed E-state index contributed by atoms with van der Waals surface area (Å²) < 4.78 is 5.93. The Morgan fingerprint density at radius 3 is 2.57 bits per heavy atom. The van der Waals surface area contributed by atoms with Gasteiger partial charge in [-0.25, -0.2) is 0 Å². The van der Waals surface area contributed by atoms with Crippen LogP contribution in [0.4, 0.5) is 0 Å². The highest BCUT2D eigenvalue weighted by Gasteiger charge is 2.29. The highest BCUT2D eigenvalue weighted by atomic mass is 16.5. The van der Waals surface area contributed by atoms with Crippen LogP contribution >= 0.6 is 0 Å². The Morgan fingerprint density at radius 2 is 1.95 bits per heavy atom. The lowest BCUT2D eigenvalue weighted by molar-refractivity contribution is -0.131. The van der Waals surface area contributed by atoms with Gasteiger partial charge in [0.05, 0.1) is 12.7 Å². The Labute approximate surface area is 129 Å². The predicted molar refractivity (Wildman–Crippen MR) is 85.3 cm³/mol. The molecule has 0 aromatic heterocycles. The Balaban J connectivity index is 1.72. The van der Waals surface area contributed by atoms with Crippen LogP contribution in [0.3, 0.4) is 0 Å². The summed E-state index contributed by atoms with van der Waals surface area (Å²) in [5, 5.41) is 0. The number of piperidine rings is 1.